The van der Waals surface area contributed by atoms with Gasteiger partial charge in [0, 0.05) is 52.2 Å². The molecule has 0 fully saturated rings. The second kappa shape index (κ2) is 13.6. The molecule has 1 aromatic heterocycles. The second-order valence-electron chi connectivity index (χ2n) is 7.74. The van der Waals surface area contributed by atoms with Crippen LogP contribution >= 0.6 is 24.0 Å². The lowest BCUT2D eigenvalue weighted by atomic mass is 10.2. The molecule has 1 heterocycles. The van der Waals surface area contributed by atoms with Crippen LogP contribution in [0, 0.1) is 5.92 Å². The minimum atomic E-state index is -0.481. The Morgan fingerprint density at radius 1 is 1.36 bits per heavy atom. The van der Waals surface area contributed by atoms with Crippen molar-refractivity contribution < 1.29 is 9.53 Å². The highest BCUT2D eigenvalue weighted by atomic mass is 127. The van der Waals surface area contributed by atoms with Gasteiger partial charge in [-0.25, -0.2) is 4.79 Å². The molecule has 162 valence electrons. The molecule has 0 saturated heterocycles. The zero-order valence-electron chi connectivity index (χ0n) is 18.1. The van der Waals surface area contributed by atoms with Crippen LogP contribution < -0.4 is 10.6 Å². The largest absolute Gasteiger partial charge is 0.444 e. The van der Waals surface area contributed by atoms with Gasteiger partial charge in [0.25, 0.3) is 0 Å². The molecule has 28 heavy (non-hydrogen) atoms. The van der Waals surface area contributed by atoms with E-state index in [1.165, 1.54) is 0 Å². The van der Waals surface area contributed by atoms with Crippen molar-refractivity contribution in [3.05, 3.63) is 18.5 Å². The molecule has 1 unspecified atom stereocenters. The van der Waals surface area contributed by atoms with Crippen molar-refractivity contribution in [3.63, 3.8) is 0 Å². The number of aryl methyl sites for hydroxylation is 1. The van der Waals surface area contributed by atoms with Gasteiger partial charge in [-0.3, -0.25) is 9.67 Å². The lowest BCUT2D eigenvalue weighted by Gasteiger charge is -2.26. The molecule has 0 radical (unpaired) electrons. The summed E-state index contributed by atoms with van der Waals surface area (Å²) >= 11 is 0. The molecule has 1 amide bonds. The number of nitrogens with zero attached hydrogens (tertiary/aromatic N) is 4. The smallest absolute Gasteiger partial charge is 0.410 e. The van der Waals surface area contributed by atoms with E-state index < -0.39 is 5.60 Å². The maximum absolute atomic E-state index is 12.0. The number of aromatic nitrogens is 2. The van der Waals surface area contributed by atoms with E-state index in [0.717, 1.165) is 32.0 Å². The summed E-state index contributed by atoms with van der Waals surface area (Å²) in [5.74, 6) is 1.02. The van der Waals surface area contributed by atoms with Crippen LogP contribution in [-0.2, 0) is 11.3 Å². The van der Waals surface area contributed by atoms with E-state index in [0.29, 0.717) is 13.1 Å². The van der Waals surface area contributed by atoms with Crippen LogP contribution in [0.15, 0.2) is 23.5 Å². The standard InChI is InChI=1S/C19H36N6O2.HI/c1-7-20-17(21-10-8-12-25-13-9-11-23-25)22-14-16(2)15-24(6)18(26)27-19(3,4)5;/h9,11,13,16H,7-8,10,12,14-15H2,1-6H3,(H2,20,21,22);1H. The summed E-state index contributed by atoms with van der Waals surface area (Å²) in [5.41, 5.74) is -0.481. The molecule has 1 rings (SSSR count). The topological polar surface area (TPSA) is 83.8 Å². The Morgan fingerprint density at radius 3 is 2.64 bits per heavy atom. The van der Waals surface area contributed by atoms with Crippen LogP contribution in [0.2, 0.25) is 0 Å². The quantitative estimate of drug-likeness (QED) is 0.232. The fourth-order valence-corrected chi connectivity index (χ4v) is 2.41. The first-order chi connectivity index (χ1) is 12.7. The Labute approximate surface area is 186 Å². The average Bonchev–Trinajstić information content (AvgIpc) is 3.08. The Morgan fingerprint density at radius 2 is 2.07 bits per heavy atom. The number of amides is 1. The molecule has 8 nitrogen and oxygen atoms in total. The molecule has 0 aliphatic rings. The number of guanidine groups is 1. The van der Waals surface area contributed by atoms with E-state index in [-0.39, 0.29) is 36.0 Å². The zero-order valence-corrected chi connectivity index (χ0v) is 20.4. The van der Waals surface area contributed by atoms with Gasteiger partial charge in [0.1, 0.15) is 5.60 Å². The highest BCUT2D eigenvalue weighted by molar-refractivity contribution is 14.0. The van der Waals surface area contributed by atoms with Gasteiger partial charge in [-0.2, -0.15) is 5.10 Å². The lowest BCUT2D eigenvalue weighted by Crippen LogP contribution is -2.39. The van der Waals surface area contributed by atoms with E-state index in [1.807, 2.05) is 44.6 Å². The summed E-state index contributed by atoms with van der Waals surface area (Å²) in [6.07, 6.45) is 4.40. The number of carbonyl (C=O) groups excluding carboxylic acids is 1. The highest BCUT2D eigenvalue weighted by Crippen LogP contribution is 2.10. The van der Waals surface area contributed by atoms with Gasteiger partial charge >= 0.3 is 6.09 Å². The van der Waals surface area contributed by atoms with Gasteiger partial charge in [0.15, 0.2) is 5.96 Å². The summed E-state index contributed by atoms with van der Waals surface area (Å²) in [6.45, 7) is 13.4. The predicted octanol–water partition coefficient (Wildman–Crippen LogP) is 2.95. The van der Waals surface area contributed by atoms with Crippen molar-refractivity contribution >= 4 is 36.0 Å². The Balaban J connectivity index is 0.00000729. The maximum atomic E-state index is 12.0. The summed E-state index contributed by atoms with van der Waals surface area (Å²) < 4.78 is 7.30. The molecule has 1 atom stereocenters. The molecular weight excluding hydrogens is 471 g/mol. The third-order valence-corrected chi connectivity index (χ3v) is 3.61. The van der Waals surface area contributed by atoms with E-state index >= 15 is 0 Å². The fourth-order valence-electron chi connectivity index (χ4n) is 2.41. The van der Waals surface area contributed by atoms with Crippen LogP contribution in [-0.4, -0.2) is 65.6 Å². The van der Waals surface area contributed by atoms with E-state index in [9.17, 15) is 4.79 Å². The average molecular weight is 508 g/mol. The van der Waals surface area contributed by atoms with Crippen LogP contribution in [0.3, 0.4) is 0 Å². The Kier molecular flexibility index (Phi) is 12.9. The second-order valence-corrected chi connectivity index (χ2v) is 7.74. The number of carbonyl (C=O) groups is 1. The van der Waals surface area contributed by atoms with Crippen molar-refractivity contribution in [2.75, 3.05) is 33.2 Å². The molecule has 1 aromatic rings. The third kappa shape index (κ3) is 12.0. The molecule has 0 aliphatic carbocycles. The van der Waals surface area contributed by atoms with Gasteiger partial charge in [-0.05, 0) is 46.1 Å². The first kappa shape index (κ1) is 26.5. The van der Waals surface area contributed by atoms with Crippen molar-refractivity contribution in [2.24, 2.45) is 10.9 Å². The van der Waals surface area contributed by atoms with Crippen LogP contribution in [0.1, 0.15) is 41.0 Å². The minimum absolute atomic E-state index is 0. The first-order valence-corrected chi connectivity index (χ1v) is 9.65. The third-order valence-electron chi connectivity index (χ3n) is 3.61. The van der Waals surface area contributed by atoms with Crippen molar-refractivity contribution in [2.45, 2.75) is 53.2 Å². The van der Waals surface area contributed by atoms with Gasteiger partial charge in [-0.15, -0.1) is 24.0 Å². The minimum Gasteiger partial charge on any atom is -0.444 e. The Hall–Kier alpha value is -1.52. The SMILES string of the molecule is CCNC(=NCC(C)CN(C)C(=O)OC(C)(C)C)NCCCn1cccn1.I. The highest BCUT2D eigenvalue weighted by Gasteiger charge is 2.20. The number of nitrogens with one attached hydrogen (secondary N) is 2. The number of hydrogen-bond donors (Lipinski definition) is 2. The number of ether oxygens (including phenoxy) is 1. The van der Waals surface area contributed by atoms with Crippen LogP contribution in [0.5, 0.6) is 0 Å². The van der Waals surface area contributed by atoms with Gasteiger partial charge in [-0.1, -0.05) is 6.92 Å². The number of rotatable bonds is 9. The zero-order chi connectivity index (χ0) is 20.3. The van der Waals surface area contributed by atoms with Crippen LogP contribution in [0.4, 0.5) is 4.79 Å². The molecule has 2 N–H and O–H groups in total. The monoisotopic (exact) mass is 508 g/mol. The van der Waals surface area contributed by atoms with Crippen molar-refractivity contribution in [1.29, 1.82) is 0 Å². The molecule has 9 heteroatoms. The predicted molar refractivity (Wildman–Crippen MR) is 124 cm³/mol. The fraction of sp³-hybridized carbons (Fsp3) is 0.737. The lowest BCUT2D eigenvalue weighted by molar-refractivity contribution is 0.0279. The molecule has 0 saturated carbocycles. The van der Waals surface area contributed by atoms with Crippen molar-refractivity contribution in [3.8, 4) is 0 Å². The van der Waals surface area contributed by atoms with Crippen LogP contribution in [0.25, 0.3) is 0 Å². The number of hydrogen-bond acceptors (Lipinski definition) is 4. The molecule has 0 spiro atoms. The first-order valence-electron chi connectivity index (χ1n) is 9.65. The Bertz CT molecular complexity index is 571. The summed E-state index contributed by atoms with van der Waals surface area (Å²) in [7, 11) is 1.76. The van der Waals surface area contributed by atoms with Gasteiger partial charge < -0.3 is 20.3 Å². The normalized spacial score (nSPS) is 12.7. The van der Waals surface area contributed by atoms with Crippen molar-refractivity contribution in [1.82, 2.24) is 25.3 Å². The molecule has 0 aromatic carbocycles. The summed E-state index contributed by atoms with van der Waals surface area (Å²) in [4.78, 5) is 18.3. The molecular formula is C19H37IN6O2. The van der Waals surface area contributed by atoms with Gasteiger partial charge in [0.2, 0.25) is 0 Å². The summed E-state index contributed by atoms with van der Waals surface area (Å²) in [5, 5.41) is 10.8. The van der Waals surface area contributed by atoms with E-state index in [2.05, 4.69) is 27.6 Å². The van der Waals surface area contributed by atoms with E-state index in [4.69, 9.17) is 4.74 Å². The number of halogens is 1. The maximum Gasteiger partial charge on any atom is 0.410 e. The molecule has 0 bridgehead atoms. The summed E-state index contributed by atoms with van der Waals surface area (Å²) in [6, 6.07) is 1.93. The van der Waals surface area contributed by atoms with Gasteiger partial charge in [0.05, 0.1) is 0 Å². The molecule has 0 aliphatic heterocycles. The number of aliphatic imine (C=N–C) groups is 1. The van der Waals surface area contributed by atoms with E-state index in [1.54, 1.807) is 18.1 Å².